The van der Waals surface area contributed by atoms with E-state index >= 15 is 0 Å². The minimum atomic E-state index is -4.93. The van der Waals surface area contributed by atoms with Crippen molar-refractivity contribution in [2.45, 2.75) is 76.7 Å². The van der Waals surface area contributed by atoms with Crippen molar-refractivity contribution >= 4 is 5.91 Å². The van der Waals surface area contributed by atoms with Gasteiger partial charge in [-0.05, 0) is 77.6 Å². The van der Waals surface area contributed by atoms with Gasteiger partial charge in [0, 0.05) is 34.8 Å². The Balaban J connectivity index is 1.75. The van der Waals surface area contributed by atoms with Crippen molar-refractivity contribution in [1.29, 1.82) is 0 Å². The molecule has 1 aliphatic rings. The molecule has 1 aromatic carbocycles. The molecule has 0 radical (unpaired) electrons. The van der Waals surface area contributed by atoms with Gasteiger partial charge >= 0.3 is 12.1 Å². The molecule has 1 aliphatic heterocycles. The van der Waals surface area contributed by atoms with Crippen LogP contribution in [-0.4, -0.2) is 45.8 Å². The first-order chi connectivity index (χ1) is 14.8. The molecule has 0 unspecified atom stereocenters. The molecule has 0 atom stereocenters. The molecule has 5 nitrogen and oxygen atoms in total. The molecule has 2 aromatic rings. The highest BCUT2D eigenvalue weighted by molar-refractivity contribution is 5.82. The largest absolute Gasteiger partial charge is 0.471 e. The number of rotatable bonds is 6. The minimum Gasteiger partial charge on any atom is -0.356 e. The molecule has 1 aromatic heterocycles. The van der Waals surface area contributed by atoms with Gasteiger partial charge in [0.05, 0.1) is 6.20 Å². The van der Waals surface area contributed by atoms with Crippen molar-refractivity contribution in [2.75, 3.05) is 6.54 Å². The first kappa shape index (κ1) is 24.2. The summed E-state index contributed by atoms with van der Waals surface area (Å²) in [6.45, 7) is 7.70. The van der Waals surface area contributed by atoms with Gasteiger partial charge in [-0.1, -0.05) is 5.16 Å². The van der Waals surface area contributed by atoms with Crippen LogP contribution in [0.1, 0.15) is 52.5 Å². The summed E-state index contributed by atoms with van der Waals surface area (Å²) in [6.07, 6.45) is -1.91. The molecule has 1 saturated heterocycles. The van der Waals surface area contributed by atoms with Gasteiger partial charge in [-0.25, -0.2) is 4.39 Å². The smallest absolute Gasteiger partial charge is 0.356 e. The number of aromatic nitrogens is 1. The normalized spacial score (nSPS) is 18.5. The number of hydrogen-bond acceptors (Lipinski definition) is 4. The van der Waals surface area contributed by atoms with Gasteiger partial charge in [-0.3, -0.25) is 4.79 Å². The molecule has 0 saturated carbocycles. The summed E-state index contributed by atoms with van der Waals surface area (Å²) in [6, 6.07) is 5.17. The van der Waals surface area contributed by atoms with E-state index in [-0.39, 0.29) is 12.4 Å². The van der Waals surface area contributed by atoms with Crippen molar-refractivity contribution < 1.29 is 26.9 Å². The van der Waals surface area contributed by atoms with Crippen LogP contribution in [0.4, 0.5) is 17.6 Å². The molecule has 1 amide bonds. The number of amides is 1. The molecular formula is C23H29F4N3O2. The van der Waals surface area contributed by atoms with E-state index in [1.165, 1.54) is 18.3 Å². The summed E-state index contributed by atoms with van der Waals surface area (Å²) < 4.78 is 58.7. The second kappa shape index (κ2) is 8.84. The van der Waals surface area contributed by atoms with E-state index < -0.39 is 29.2 Å². The average molecular weight is 455 g/mol. The number of nitrogens with one attached hydrogen (secondary N) is 1. The molecule has 0 spiro atoms. The van der Waals surface area contributed by atoms with Crippen LogP contribution in [0.5, 0.6) is 0 Å². The van der Waals surface area contributed by atoms with Crippen LogP contribution in [0.15, 0.2) is 35.0 Å². The molecule has 9 heteroatoms. The summed E-state index contributed by atoms with van der Waals surface area (Å²) >= 11 is 0. The molecular weight excluding hydrogens is 426 g/mol. The monoisotopic (exact) mass is 455 g/mol. The molecule has 32 heavy (non-hydrogen) atoms. The summed E-state index contributed by atoms with van der Waals surface area (Å²) in [4.78, 5) is 13.3. The predicted molar refractivity (Wildman–Crippen MR) is 112 cm³/mol. The topological polar surface area (TPSA) is 58.4 Å². The zero-order valence-electron chi connectivity index (χ0n) is 18.7. The number of carbonyl (C=O) groups is 1. The Hall–Kier alpha value is -2.42. The number of halogens is 4. The van der Waals surface area contributed by atoms with Crippen molar-refractivity contribution in [3.63, 3.8) is 0 Å². The summed E-state index contributed by atoms with van der Waals surface area (Å²) in [5, 5.41) is 7.22. The summed E-state index contributed by atoms with van der Waals surface area (Å²) in [7, 11) is 0. The number of nitrogens with zero attached hydrogens (tertiary/aromatic N) is 2. The van der Waals surface area contributed by atoms with Crippen LogP contribution in [0.2, 0.25) is 0 Å². The second-order valence-electron chi connectivity index (χ2n) is 9.74. The third-order valence-electron chi connectivity index (χ3n) is 5.71. The zero-order valence-corrected chi connectivity index (χ0v) is 18.7. The zero-order chi connectivity index (χ0) is 23.7. The number of hydrogen-bond donors (Lipinski definition) is 1. The van der Waals surface area contributed by atoms with E-state index in [0.29, 0.717) is 42.6 Å². The predicted octanol–water partition coefficient (Wildman–Crippen LogP) is 5.11. The van der Waals surface area contributed by atoms with Crippen LogP contribution in [-0.2, 0) is 11.2 Å². The minimum absolute atomic E-state index is 0.0385. The first-order valence-corrected chi connectivity index (χ1v) is 10.6. The van der Waals surface area contributed by atoms with Crippen LogP contribution < -0.4 is 5.32 Å². The summed E-state index contributed by atoms with van der Waals surface area (Å²) in [5.41, 5.74) is 0.521. The standard InChI is InChI=1S/C23H29F4N3O2/c1-21(2)12-18(13-22(3,4)29-21)30(20(31)23(25,26)27)11-5-6-16-14-28-32-19(16)15-7-9-17(24)10-8-15/h7-10,14,18,29H,5-6,11-13H2,1-4H3. The van der Waals surface area contributed by atoms with Crippen molar-refractivity contribution in [3.05, 3.63) is 41.8 Å². The van der Waals surface area contributed by atoms with Gasteiger partial charge in [0.25, 0.3) is 0 Å². The van der Waals surface area contributed by atoms with E-state index in [1.807, 2.05) is 27.7 Å². The Morgan fingerprint density at radius 2 is 1.75 bits per heavy atom. The van der Waals surface area contributed by atoms with Crippen molar-refractivity contribution in [3.8, 4) is 11.3 Å². The van der Waals surface area contributed by atoms with Gasteiger partial charge in [-0.2, -0.15) is 13.2 Å². The summed E-state index contributed by atoms with van der Waals surface area (Å²) in [5.74, 6) is -1.74. The van der Waals surface area contributed by atoms with E-state index in [1.54, 1.807) is 12.1 Å². The second-order valence-corrected chi connectivity index (χ2v) is 9.74. The lowest BCUT2D eigenvalue weighted by molar-refractivity contribution is -0.189. The lowest BCUT2D eigenvalue weighted by Gasteiger charge is -2.49. The average Bonchev–Trinajstić information content (AvgIpc) is 3.10. The van der Waals surface area contributed by atoms with Gasteiger partial charge in [0.1, 0.15) is 5.82 Å². The van der Waals surface area contributed by atoms with Crippen LogP contribution >= 0.6 is 0 Å². The third kappa shape index (κ3) is 5.88. The number of carbonyl (C=O) groups excluding carboxylic acids is 1. The Kier molecular flexibility index (Phi) is 6.70. The molecule has 0 bridgehead atoms. The molecule has 176 valence electrons. The number of alkyl halides is 3. The molecule has 3 rings (SSSR count). The van der Waals surface area contributed by atoms with Gasteiger partial charge < -0.3 is 14.7 Å². The van der Waals surface area contributed by atoms with Gasteiger partial charge in [-0.15, -0.1) is 0 Å². The quantitative estimate of drug-likeness (QED) is 0.615. The first-order valence-electron chi connectivity index (χ1n) is 10.6. The van der Waals surface area contributed by atoms with Crippen molar-refractivity contribution in [1.82, 2.24) is 15.4 Å². The Labute approximate surface area is 185 Å². The Bertz CT molecular complexity index is 919. The Morgan fingerprint density at radius 1 is 1.16 bits per heavy atom. The number of benzene rings is 1. The molecule has 0 aliphatic carbocycles. The fourth-order valence-electron chi connectivity index (χ4n) is 4.82. The maximum Gasteiger partial charge on any atom is 0.471 e. The SMILES string of the molecule is CC1(C)CC(N(CCCc2cnoc2-c2ccc(F)cc2)C(=O)C(F)(F)F)CC(C)(C)N1. The van der Waals surface area contributed by atoms with Crippen molar-refractivity contribution in [2.24, 2.45) is 0 Å². The molecule has 1 N–H and O–H groups in total. The van der Waals surface area contributed by atoms with E-state index in [0.717, 1.165) is 4.90 Å². The number of piperidine rings is 1. The van der Waals surface area contributed by atoms with Crippen LogP contribution in [0, 0.1) is 5.82 Å². The highest BCUT2D eigenvalue weighted by Crippen LogP contribution is 2.34. The molecule has 1 fully saturated rings. The van der Waals surface area contributed by atoms with E-state index in [4.69, 9.17) is 4.52 Å². The van der Waals surface area contributed by atoms with Crippen LogP contribution in [0.3, 0.4) is 0 Å². The lowest BCUT2D eigenvalue weighted by atomic mass is 9.79. The van der Waals surface area contributed by atoms with E-state index in [9.17, 15) is 22.4 Å². The maximum atomic E-state index is 13.4. The lowest BCUT2D eigenvalue weighted by Crippen LogP contribution is -2.63. The fourth-order valence-corrected chi connectivity index (χ4v) is 4.82. The highest BCUT2D eigenvalue weighted by atomic mass is 19.4. The third-order valence-corrected chi connectivity index (χ3v) is 5.71. The maximum absolute atomic E-state index is 13.4. The molecule has 2 heterocycles. The van der Waals surface area contributed by atoms with Gasteiger partial charge in [0.15, 0.2) is 5.76 Å². The van der Waals surface area contributed by atoms with Gasteiger partial charge in [0.2, 0.25) is 0 Å². The Morgan fingerprint density at radius 3 is 2.31 bits per heavy atom. The fraction of sp³-hybridized carbons (Fsp3) is 0.565. The number of aryl methyl sites for hydroxylation is 1. The highest BCUT2D eigenvalue weighted by Gasteiger charge is 2.48. The van der Waals surface area contributed by atoms with E-state index in [2.05, 4.69) is 10.5 Å². The van der Waals surface area contributed by atoms with Crippen LogP contribution in [0.25, 0.3) is 11.3 Å².